The Bertz CT molecular complexity index is 1320. The van der Waals surface area contributed by atoms with Crippen molar-refractivity contribution in [3.05, 3.63) is 77.9 Å². The third-order valence-electron chi connectivity index (χ3n) is 6.33. The van der Waals surface area contributed by atoms with Crippen molar-refractivity contribution in [3.8, 4) is 0 Å². The summed E-state index contributed by atoms with van der Waals surface area (Å²) in [6, 6.07) is 24.6. The van der Waals surface area contributed by atoms with Crippen LogP contribution in [0.3, 0.4) is 0 Å². The zero-order chi connectivity index (χ0) is 20.6. The van der Waals surface area contributed by atoms with Gasteiger partial charge in [0.1, 0.15) is 0 Å². The zero-order valence-electron chi connectivity index (χ0n) is 17.5. The number of aromatic nitrogens is 1. The van der Waals surface area contributed by atoms with Crippen molar-refractivity contribution >= 4 is 43.4 Å². The van der Waals surface area contributed by atoms with Crippen molar-refractivity contribution in [1.82, 2.24) is 20.9 Å². The number of rotatable bonds is 0. The van der Waals surface area contributed by atoms with Gasteiger partial charge in [-0.15, -0.1) is 0 Å². The monoisotopic (exact) mass is 406 g/mol. The first-order valence-corrected chi connectivity index (χ1v) is 11.2. The molecule has 0 aliphatic carbocycles. The maximum atomic E-state index is 5.25. The smallest absolute Gasteiger partial charge is 0.0788 e. The van der Waals surface area contributed by atoms with E-state index in [1.165, 1.54) is 43.4 Å². The predicted octanol–water partition coefficient (Wildman–Crippen LogP) is 4.48. The second-order valence-corrected chi connectivity index (χ2v) is 8.48. The minimum atomic E-state index is 0.867. The first-order chi connectivity index (χ1) is 15.3. The van der Waals surface area contributed by atoms with Gasteiger partial charge in [0.2, 0.25) is 0 Å². The molecule has 0 spiro atoms. The Hall–Kier alpha value is -3.05. The molecule has 1 aliphatic rings. The molecular weight excluding hydrogens is 380 g/mol. The van der Waals surface area contributed by atoms with Gasteiger partial charge in [-0.05, 0) is 40.1 Å². The molecule has 6 rings (SSSR count). The standard InChI is InChI=1S/C27H26N4/c1-3-20-5-7-22-15-23-8-6-21-4-2-19-14-25(21)27(23)31-26(22)24(20)13-18(1)16-29-11-9-28-10-12-30-17-19/h1-8,13-15,28-30H,9-12,16-17H2. The normalized spacial score (nSPS) is 15.9. The number of pyridine rings is 1. The molecule has 31 heavy (non-hydrogen) atoms. The molecule has 0 atom stereocenters. The van der Waals surface area contributed by atoms with Crippen LogP contribution in [0.15, 0.2) is 66.7 Å². The SMILES string of the molecule is c1cc2ccc3cc4ccc5ccc6cc5c4nc3c2cc1CNCCNCCNC6. The van der Waals surface area contributed by atoms with Crippen LogP contribution in [0.4, 0.5) is 0 Å². The largest absolute Gasteiger partial charge is 0.314 e. The summed E-state index contributed by atoms with van der Waals surface area (Å²) in [5, 5.41) is 18.0. The highest BCUT2D eigenvalue weighted by Crippen LogP contribution is 2.31. The van der Waals surface area contributed by atoms with E-state index in [0.717, 1.165) is 50.3 Å². The maximum Gasteiger partial charge on any atom is 0.0788 e. The quantitative estimate of drug-likeness (QED) is 0.262. The van der Waals surface area contributed by atoms with Crippen LogP contribution in [0.5, 0.6) is 0 Å². The van der Waals surface area contributed by atoms with Crippen LogP contribution in [0.25, 0.3) is 43.4 Å². The fourth-order valence-electron chi connectivity index (χ4n) is 4.66. The molecule has 0 unspecified atom stereocenters. The Morgan fingerprint density at radius 1 is 0.484 bits per heavy atom. The van der Waals surface area contributed by atoms with Crippen molar-refractivity contribution in [2.24, 2.45) is 0 Å². The molecular formula is C27H26N4. The average molecular weight is 407 g/mol. The lowest BCUT2D eigenvalue weighted by molar-refractivity contribution is 0.581. The van der Waals surface area contributed by atoms with Crippen molar-refractivity contribution < 1.29 is 0 Å². The van der Waals surface area contributed by atoms with Gasteiger partial charge in [0.15, 0.2) is 0 Å². The summed E-state index contributed by atoms with van der Waals surface area (Å²) in [5.74, 6) is 0. The third kappa shape index (κ3) is 3.53. The van der Waals surface area contributed by atoms with Gasteiger partial charge < -0.3 is 16.0 Å². The second-order valence-electron chi connectivity index (χ2n) is 8.48. The van der Waals surface area contributed by atoms with Crippen LogP contribution < -0.4 is 16.0 Å². The lowest BCUT2D eigenvalue weighted by Gasteiger charge is -2.12. The molecule has 4 nitrogen and oxygen atoms in total. The van der Waals surface area contributed by atoms with Crippen LogP contribution in [-0.2, 0) is 13.1 Å². The first-order valence-electron chi connectivity index (χ1n) is 11.2. The predicted molar refractivity (Wildman–Crippen MR) is 131 cm³/mol. The molecule has 4 heteroatoms. The molecule has 0 fully saturated rings. The topological polar surface area (TPSA) is 49.0 Å². The highest BCUT2D eigenvalue weighted by atomic mass is 15.0. The molecule has 0 saturated heterocycles. The van der Waals surface area contributed by atoms with Crippen LogP contribution in [-0.4, -0.2) is 31.2 Å². The number of nitrogens with one attached hydrogen (secondary N) is 3. The summed E-state index contributed by atoms with van der Waals surface area (Å²) < 4.78 is 0. The number of benzene rings is 4. The molecule has 0 radical (unpaired) electrons. The van der Waals surface area contributed by atoms with E-state index in [1.54, 1.807) is 0 Å². The average Bonchev–Trinajstić information content (AvgIpc) is 2.81. The Morgan fingerprint density at radius 3 is 1.48 bits per heavy atom. The summed E-state index contributed by atoms with van der Waals surface area (Å²) in [5.41, 5.74) is 4.77. The third-order valence-corrected chi connectivity index (χ3v) is 6.33. The summed E-state index contributed by atoms with van der Waals surface area (Å²) in [6.45, 7) is 5.58. The van der Waals surface area contributed by atoms with E-state index in [-0.39, 0.29) is 0 Å². The highest BCUT2D eigenvalue weighted by molar-refractivity contribution is 6.13. The second kappa shape index (κ2) is 7.89. The summed E-state index contributed by atoms with van der Waals surface area (Å²) in [6.07, 6.45) is 0. The number of hydrogen-bond donors (Lipinski definition) is 3. The molecule has 2 heterocycles. The van der Waals surface area contributed by atoms with Gasteiger partial charge in [0.05, 0.1) is 11.0 Å². The van der Waals surface area contributed by atoms with E-state index in [9.17, 15) is 0 Å². The molecule has 0 amide bonds. The van der Waals surface area contributed by atoms with E-state index < -0.39 is 0 Å². The van der Waals surface area contributed by atoms with E-state index in [4.69, 9.17) is 4.98 Å². The van der Waals surface area contributed by atoms with E-state index in [1.807, 2.05) is 0 Å². The molecule has 3 N–H and O–H groups in total. The van der Waals surface area contributed by atoms with Crippen LogP contribution >= 0.6 is 0 Å². The van der Waals surface area contributed by atoms with Crippen molar-refractivity contribution in [2.75, 3.05) is 26.2 Å². The lowest BCUT2D eigenvalue weighted by atomic mass is 9.99. The minimum absolute atomic E-state index is 0.867. The van der Waals surface area contributed by atoms with Crippen molar-refractivity contribution in [2.45, 2.75) is 13.1 Å². The Kier molecular flexibility index (Phi) is 4.76. The molecule has 154 valence electrons. The van der Waals surface area contributed by atoms with Gasteiger partial charge in [-0.2, -0.15) is 0 Å². The van der Waals surface area contributed by atoms with E-state index in [0.29, 0.717) is 0 Å². The highest BCUT2D eigenvalue weighted by Gasteiger charge is 2.09. The molecule has 0 saturated carbocycles. The Morgan fingerprint density at radius 2 is 0.935 bits per heavy atom. The minimum Gasteiger partial charge on any atom is -0.314 e. The summed E-state index contributed by atoms with van der Waals surface area (Å²) in [4.78, 5) is 5.25. The van der Waals surface area contributed by atoms with Gasteiger partial charge in [-0.3, -0.25) is 0 Å². The van der Waals surface area contributed by atoms with Crippen LogP contribution in [0, 0.1) is 0 Å². The van der Waals surface area contributed by atoms with Gasteiger partial charge in [-0.1, -0.05) is 48.5 Å². The number of fused-ring (bicyclic) bond motifs is 2. The summed E-state index contributed by atoms with van der Waals surface area (Å²) >= 11 is 0. The molecule has 1 aliphatic heterocycles. The first kappa shape index (κ1) is 18.7. The molecule has 5 aromatic rings. The summed E-state index contributed by atoms with van der Waals surface area (Å²) in [7, 11) is 0. The van der Waals surface area contributed by atoms with Crippen molar-refractivity contribution in [1.29, 1.82) is 0 Å². The number of nitrogens with zero attached hydrogens (tertiary/aromatic N) is 1. The van der Waals surface area contributed by atoms with Crippen LogP contribution in [0.1, 0.15) is 11.1 Å². The zero-order valence-corrected chi connectivity index (χ0v) is 17.5. The Labute approximate surface area is 181 Å². The number of hydrogen-bond acceptors (Lipinski definition) is 4. The lowest BCUT2D eigenvalue weighted by Crippen LogP contribution is -2.32. The Balaban J connectivity index is 1.61. The van der Waals surface area contributed by atoms with Gasteiger partial charge >= 0.3 is 0 Å². The fraction of sp³-hybridized carbons (Fsp3) is 0.222. The molecule has 1 aromatic heterocycles. The molecule has 6 bridgehead atoms. The van der Waals surface area contributed by atoms with Gasteiger partial charge in [0, 0.05) is 60.8 Å². The van der Waals surface area contributed by atoms with Gasteiger partial charge in [0.25, 0.3) is 0 Å². The van der Waals surface area contributed by atoms with Gasteiger partial charge in [-0.25, -0.2) is 4.98 Å². The molecule has 4 aromatic carbocycles. The maximum absolute atomic E-state index is 5.25. The van der Waals surface area contributed by atoms with Crippen LogP contribution in [0.2, 0.25) is 0 Å². The van der Waals surface area contributed by atoms with E-state index in [2.05, 4.69) is 82.7 Å². The fourth-order valence-corrected chi connectivity index (χ4v) is 4.66. The van der Waals surface area contributed by atoms with E-state index >= 15 is 0 Å². The van der Waals surface area contributed by atoms with Crippen molar-refractivity contribution in [3.63, 3.8) is 0 Å².